The third kappa shape index (κ3) is 3.35. The molecule has 0 spiro atoms. The van der Waals surface area contributed by atoms with Crippen LogP contribution < -0.4 is 4.57 Å². The predicted octanol–water partition coefficient (Wildman–Crippen LogP) is 2.85. The fourth-order valence-corrected chi connectivity index (χ4v) is 4.33. The zero-order valence-electron chi connectivity index (χ0n) is 18.9. The number of fused-ring (bicyclic) bond motifs is 3. The van der Waals surface area contributed by atoms with Crippen LogP contribution in [-0.2, 0) is 16.0 Å². The Hall–Kier alpha value is -3.00. The molecule has 1 aromatic heterocycles. The van der Waals surface area contributed by atoms with E-state index in [0.717, 1.165) is 23.5 Å². The maximum absolute atomic E-state index is 13.3. The molecule has 0 radical (unpaired) electrons. The minimum absolute atomic E-state index is 0.218. The number of amidine groups is 1. The molecule has 164 valence electrons. The maximum Gasteiger partial charge on any atom is 0.407 e. The quantitative estimate of drug-likeness (QED) is 0.642. The van der Waals surface area contributed by atoms with Gasteiger partial charge in [0.1, 0.15) is 17.1 Å². The summed E-state index contributed by atoms with van der Waals surface area (Å²) in [4.78, 5) is 33.6. The van der Waals surface area contributed by atoms with Crippen LogP contribution in [0.15, 0.2) is 29.3 Å². The number of likely N-dealkylation sites (N-methyl/N-ethyl adjacent to an activating group) is 1. The van der Waals surface area contributed by atoms with Crippen molar-refractivity contribution < 1.29 is 18.9 Å². The van der Waals surface area contributed by atoms with Gasteiger partial charge < -0.3 is 4.74 Å². The Labute approximate surface area is 182 Å². The van der Waals surface area contributed by atoms with Crippen LogP contribution in [0.25, 0.3) is 5.69 Å². The molecule has 0 saturated carbocycles. The van der Waals surface area contributed by atoms with E-state index in [1.54, 1.807) is 14.2 Å². The molecule has 1 aromatic carbocycles. The largest absolute Gasteiger partial charge is 0.407 e. The van der Waals surface area contributed by atoms with E-state index in [4.69, 9.17) is 9.73 Å². The first-order chi connectivity index (χ1) is 14.9. The van der Waals surface area contributed by atoms with Gasteiger partial charge >= 0.3 is 12.0 Å². The fraction of sp³-hybridized carbons (Fsp3) is 0.478. The molecule has 4 rings (SSSR count). The van der Waals surface area contributed by atoms with Crippen molar-refractivity contribution in [1.29, 1.82) is 0 Å². The van der Waals surface area contributed by atoms with E-state index in [-0.39, 0.29) is 18.5 Å². The van der Waals surface area contributed by atoms with Gasteiger partial charge in [-0.05, 0) is 44.4 Å². The lowest BCUT2D eigenvalue weighted by Gasteiger charge is -2.33. The number of imidazole rings is 1. The van der Waals surface area contributed by atoms with Crippen LogP contribution in [0.4, 0.5) is 10.7 Å². The second kappa shape index (κ2) is 8.26. The van der Waals surface area contributed by atoms with Gasteiger partial charge in [0, 0.05) is 14.2 Å². The monoisotopic (exact) mass is 424 g/mol. The van der Waals surface area contributed by atoms with E-state index in [1.165, 1.54) is 28.2 Å². The van der Waals surface area contributed by atoms with E-state index in [2.05, 4.69) is 35.8 Å². The number of methoxy groups -OCH3 is 1. The topological polar surface area (TPSA) is 71.0 Å². The predicted molar refractivity (Wildman–Crippen MR) is 117 cm³/mol. The minimum Gasteiger partial charge on any atom is -0.383 e. The standard InChI is InChI=1S/C23H30N5O3/c1-6-7-8-17-9-11-18(12-10-17)27-15(2)16(3)28-19-20(24-22(27)28)25(4)23(30)26(21(19)29)13-14-31-5/h9-12,19H,6-8,13-14H2,1-5H3/q+1. The van der Waals surface area contributed by atoms with Crippen molar-refractivity contribution in [2.75, 3.05) is 27.3 Å². The summed E-state index contributed by atoms with van der Waals surface area (Å²) in [6, 6.07) is 7.49. The highest BCUT2D eigenvalue weighted by atomic mass is 16.5. The molecular formula is C23H30N5O3+. The van der Waals surface area contributed by atoms with E-state index in [0.29, 0.717) is 18.4 Å². The third-order valence-corrected chi connectivity index (χ3v) is 6.25. The van der Waals surface area contributed by atoms with E-state index < -0.39 is 6.04 Å². The average molecular weight is 425 g/mol. The average Bonchev–Trinajstić information content (AvgIpc) is 3.27. The number of unbranched alkanes of at least 4 members (excludes halogenated alkanes) is 1. The van der Waals surface area contributed by atoms with Crippen LogP contribution in [0.1, 0.15) is 42.8 Å². The molecule has 1 atom stereocenters. The van der Waals surface area contributed by atoms with Gasteiger partial charge in [-0.15, -0.1) is 0 Å². The van der Waals surface area contributed by atoms with Gasteiger partial charge in [0.25, 0.3) is 5.91 Å². The van der Waals surface area contributed by atoms with Crippen LogP contribution in [0.3, 0.4) is 0 Å². The molecule has 2 aromatic rings. The smallest absolute Gasteiger partial charge is 0.383 e. The molecule has 0 bridgehead atoms. The number of hydrogen-bond acceptors (Lipinski definition) is 4. The number of aliphatic imine (C=N–C) groups is 1. The lowest BCUT2D eigenvalue weighted by molar-refractivity contribution is -0.682. The number of nitrogens with zero attached hydrogens (tertiary/aromatic N) is 5. The summed E-state index contributed by atoms with van der Waals surface area (Å²) < 4.78 is 9.10. The highest BCUT2D eigenvalue weighted by Crippen LogP contribution is 2.33. The Morgan fingerprint density at radius 1 is 1.16 bits per heavy atom. The molecule has 0 N–H and O–H groups in total. The first-order valence-electron chi connectivity index (χ1n) is 10.8. The zero-order chi connectivity index (χ0) is 22.3. The molecular weight excluding hydrogens is 394 g/mol. The second-order valence-corrected chi connectivity index (χ2v) is 8.14. The number of aryl methyl sites for hydroxylation is 1. The van der Waals surface area contributed by atoms with Gasteiger partial charge in [-0.25, -0.2) is 9.36 Å². The van der Waals surface area contributed by atoms with Gasteiger partial charge in [0.2, 0.25) is 11.9 Å². The van der Waals surface area contributed by atoms with Crippen LogP contribution in [0, 0.1) is 13.8 Å². The number of urea groups is 1. The lowest BCUT2D eigenvalue weighted by atomic mass is 10.1. The van der Waals surface area contributed by atoms with E-state index >= 15 is 0 Å². The summed E-state index contributed by atoms with van der Waals surface area (Å²) >= 11 is 0. The second-order valence-electron chi connectivity index (χ2n) is 8.14. The molecule has 3 amide bonds. The van der Waals surface area contributed by atoms with Crippen molar-refractivity contribution >= 4 is 23.7 Å². The summed E-state index contributed by atoms with van der Waals surface area (Å²) in [6.07, 6.45) is 3.41. The van der Waals surface area contributed by atoms with Crippen LogP contribution in [0.2, 0.25) is 0 Å². The maximum atomic E-state index is 13.3. The molecule has 3 heterocycles. The number of rotatable bonds is 7. The fourth-order valence-electron chi connectivity index (χ4n) is 4.33. The highest BCUT2D eigenvalue weighted by molar-refractivity contribution is 6.19. The first-order valence-corrected chi connectivity index (χ1v) is 10.8. The van der Waals surface area contributed by atoms with Crippen molar-refractivity contribution in [1.82, 2.24) is 14.4 Å². The van der Waals surface area contributed by atoms with Crippen molar-refractivity contribution in [2.45, 2.75) is 46.1 Å². The van der Waals surface area contributed by atoms with Crippen LogP contribution >= 0.6 is 0 Å². The SMILES string of the molecule is CCCCc1ccc(-n2c(C)c(C)[n+]3c2N=C2C3C(=O)N(CCOC)C(=O)N2C)cc1. The molecule has 8 nitrogen and oxygen atoms in total. The van der Waals surface area contributed by atoms with Crippen molar-refractivity contribution in [3.63, 3.8) is 0 Å². The summed E-state index contributed by atoms with van der Waals surface area (Å²) in [7, 11) is 3.22. The molecule has 1 unspecified atom stereocenters. The molecule has 1 fully saturated rings. The Morgan fingerprint density at radius 3 is 2.52 bits per heavy atom. The normalized spacial score (nSPS) is 17.8. The van der Waals surface area contributed by atoms with Gasteiger partial charge in [0.05, 0.1) is 13.2 Å². The number of carbonyl (C=O) groups is 2. The number of aromatic nitrogens is 2. The Bertz CT molecular complexity index is 1050. The van der Waals surface area contributed by atoms with Crippen LogP contribution in [0.5, 0.6) is 0 Å². The molecule has 0 aliphatic carbocycles. The summed E-state index contributed by atoms with van der Waals surface area (Å²) in [5, 5.41) is 0. The molecule has 2 aliphatic rings. The van der Waals surface area contributed by atoms with Gasteiger partial charge in [0.15, 0.2) is 0 Å². The molecule has 1 saturated heterocycles. The molecule has 8 heteroatoms. The Kier molecular flexibility index (Phi) is 5.66. The number of amides is 3. The van der Waals surface area contributed by atoms with Crippen molar-refractivity contribution in [2.24, 2.45) is 4.99 Å². The number of ether oxygens (including phenoxy) is 1. The van der Waals surface area contributed by atoms with Gasteiger partial charge in [-0.3, -0.25) is 14.6 Å². The summed E-state index contributed by atoms with van der Waals surface area (Å²) in [5.41, 5.74) is 4.28. The van der Waals surface area contributed by atoms with Crippen LogP contribution in [-0.4, -0.2) is 59.4 Å². The number of imide groups is 1. The first kappa shape index (κ1) is 21.2. The Morgan fingerprint density at radius 2 is 1.87 bits per heavy atom. The van der Waals surface area contributed by atoms with E-state index in [9.17, 15) is 9.59 Å². The zero-order valence-corrected chi connectivity index (χ0v) is 18.9. The van der Waals surface area contributed by atoms with Gasteiger partial charge in [-0.2, -0.15) is 4.57 Å². The summed E-state index contributed by atoms with van der Waals surface area (Å²) in [5.74, 6) is 0.866. The lowest BCUT2D eigenvalue weighted by Crippen LogP contribution is -2.63. The molecule has 2 aliphatic heterocycles. The number of hydrogen-bond donors (Lipinski definition) is 0. The third-order valence-electron chi connectivity index (χ3n) is 6.25. The number of carbonyl (C=O) groups excluding carboxylic acids is 2. The van der Waals surface area contributed by atoms with Crippen molar-refractivity contribution in [3.05, 3.63) is 41.2 Å². The molecule has 31 heavy (non-hydrogen) atoms. The summed E-state index contributed by atoms with van der Waals surface area (Å²) in [6.45, 7) is 6.73. The minimum atomic E-state index is -0.640. The van der Waals surface area contributed by atoms with Gasteiger partial charge in [-0.1, -0.05) is 30.5 Å². The Balaban J connectivity index is 1.76. The highest BCUT2D eigenvalue weighted by Gasteiger charge is 2.54. The number of benzene rings is 1. The van der Waals surface area contributed by atoms with Crippen molar-refractivity contribution in [3.8, 4) is 5.69 Å². The van der Waals surface area contributed by atoms with E-state index in [1.807, 2.05) is 18.4 Å².